The van der Waals surface area contributed by atoms with Crippen LogP contribution in [0.1, 0.15) is 0 Å². The molecule has 4 nitrogen and oxygen atoms in total. The van der Waals surface area contributed by atoms with Gasteiger partial charge in [0.25, 0.3) is 0 Å². The molecule has 0 saturated heterocycles. The predicted molar refractivity (Wildman–Crippen MR) is 258 cm³/mol. The molecule has 0 amide bonds. The van der Waals surface area contributed by atoms with Crippen LogP contribution in [-0.2, 0) is 0 Å². The second-order valence-corrected chi connectivity index (χ2v) is 15.5. The summed E-state index contributed by atoms with van der Waals surface area (Å²) in [5.41, 5.74) is 16.2. The smallest absolute Gasteiger partial charge is 0.160 e. The highest BCUT2D eigenvalue weighted by Gasteiger charge is 2.17. The SMILES string of the molecule is c1ccc(-c2ccc(N(c3ccc(-c4ccc5c(c4)c4ccccc4n5-c4ccccc4)cc3)c3ccc(-c4nc(-c5ccccc5)cc(-c5ccccc5)n4)cc3)cc2)cc1. The maximum absolute atomic E-state index is 5.09. The highest BCUT2D eigenvalue weighted by molar-refractivity contribution is 6.10. The number of para-hydroxylation sites is 2. The maximum Gasteiger partial charge on any atom is 0.160 e. The van der Waals surface area contributed by atoms with Crippen LogP contribution >= 0.6 is 0 Å². The van der Waals surface area contributed by atoms with E-state index in [0.29, 0.717) is 5.82 Å². The minimum Gasteiger partial charge on any atom is -0.311 e. The first kappa shape index (κ1) is 36.7. The molecule has 292 valence electrons. The van der Waals surface area contributed by atoms with Crippen molar-refractivity contribution in [2.75, 3.05) is 4.90 Å². The minimum atomic E-state index is 0.684. The van der Waals surface area contributed by atoms with Crippen LogP contribution in [0.4, 0.5) is 17.1 Å². The third-order valence-electron chi connectivity index (χ3n) is 11.6. The Morgan fingerprint density at radius 2 is 0.694 bits per heavy atom. The Hall–Kier alpha value is -8.34. The van der Waals surface area contributed by atoms with Gasteiger partial charge in [0.2, 0.25) is 0 Å². The summed E-state index contributed by atoms with van der Waals surface area (Å²) in [4.78, 5) is 12.5. The van der Waals surface area contributed by atoms with Crippen LogP contribution in [0.2, 0.25) is 0 Å². The number of hydrogen-bond acceptors (Lipinski definition) is 3. The van der Waals surface area contributed by atoms with Crippen molar-refractivity contribution in [3.63, 3.8) is 0 Å². The topological polar surface area (TPSA) is 34.0 Å². The van der Waals surface area contributed by atoms with Crippen molar-refractivity contribution in [1.82, 2.24) is 14.5 Å². The van der Waals surface area contributed by atoms with Crippen molar-refractivity contribution in [2.24, 2.45) is 0 Å². The van der Waals surface area contributed by atoms with Crippen LogP contribution < -0.4 is 4.90 Å². The summed E-state index contributed by atoms with van der Waals surface area (Å²) in [5.74, 6) is 0.684. The zero-order valence-corrected chi connectivity index (χ0v) is 33.9. The third kappa shape index (κ3) is 7.00. The molecule has 0 saturated carbocycles. The maximum atomic E-state index is 5.09. The van der Waals surface area contributed by atoms with Gasteiger partial charge in [0.15, 0.2) is 5.82 Å². The van der Waals surface area contributed by atoms with Crippen molar-refractivity contribution in [2.45, 2.75) is 0 Å². The van der Waals surface area contributed by atoms with Crippen molar-refractivity contribution in [3.8, 4) is 61.8 Å². The van der Waals surface area contributed by atoms with Gasteiger partial charge >= 0.3 is 0 Å². The lowest BCUT2D eigenvalue weighted by Gasteiger charge is -2.26. The first-order valence-electron chi connectivity index (χ1n) is 21.0. The van der Waals surface area contributed by atoms with Crippen molar-refractivity contribution < 1.29 is 0 Å². The van der Waals surface area contributed by atoms with Gasteiger partial charge in [-0.25, -0.2) is 9.97 Å². The first-order chi connectivity index (χ1) is 30.7. The van der Waals surface area contributed by atoms with Crippen LogP contribution in [0, 0.1) is 0 Å². The Bertz CT molecular complexity index is 3230. The molecule has 9 aromatic carbocycles. The van der Waals surface area contributed by atoms with Gasteiger partial charge in [0, 0.05) is 50.2 Å². The number of anilines is 3. The molecule has 4 heteroatoms. The molecule has 62 heavy (non-hydrogen) atoms. The number of hydrogen-bond donors (Lipinski definition) is 0. The Balaban J connectivity index is 0.975. The molecule has 0 aliphatic heterocycles. The molecular formula is C58H40N4. The lowest BCUT2D eigenvalue weighted by Crippen LogP contribution is -2.10. The van der Waals surface area contributed by atoms with Gasteiger partial charge < -0.3 is 9.47 Å². The number of benzene rings is 9. The van der Waals surface area contributed by atoms with Crippen molar-refractivity contribution in [3.05, 3.63) is 243 Å². The first-order valence-corrected chi connectivity index (χ1v) is 21.0. The van der Waals surface area contributed by atoms with E-state index in [-0.39, 0.29) is 0 Å². The third-order valence-corrected chi connectivity index (χ3v) is 11.6. The summed E-state index contributed by atoms with van der Waals surface area (Å²) in [5, 5.41) is 2.48. The van der Waals surface area contributed by atoms with Crippen LogP contribution in [0.15, 0.2) is 243 Å². The van der Waals surface area contributed by atoms with E-state index in [4.69, 9.17) is 9.97 Å². The lowest BCUT2D eigenvalue weighted by atomic mass is 10.0. The van der Waals surface area contributed by atoms with Gasteiger partial charge in [-0.1, -0.05) is 158 Å². The Morgan fingerprint density at radius 1 is 0.290 bits per heavy atom. The van der Waals surface area contributed by atoms with E-state index in [9.17, 15) is 0 Å². The zero-order chi connectivity index (χ0) is 41.2. The monoisotopic (exact) mass is 792 g/mol. The fourth-order valence-corrected chi connectivity index (χ4v) is 8.54. The van der Waals surface area contributed by atoms with Gasteiger partial charge in [0.1, 0.15) is 0 Å². The molecule has 0 radical (unpaired) electrons. The van der Waals surface area contributed by atoms with E-state index in [1.54, 1.807) is 0 Å². The predicted octanol–water partition coefficient (Wildman–Crippen LogP) is 15.4. The van der Waals surface area contributed by atoms with Gasteiger partial charge in [-0.2, -0.15) is 0 Å². The number of fused-ring (bicyclic) bond motifs is 3. The summed E-state index contributed by atoms with van der Waals surface area (Å²) in [6.07, 6.45) is 0. The Morgan fingerprint density at radius 3 is 1.24 bits per heavy atom. The lowest BCUT2D eigenvalue weighted by molar-refractivity contribution is 1.18. The van der Waals surface area contributed by atoms with Gasteiger partial charge in [-0.05, 0) is 107 Å². The van der Waals surface area contributed by atoms with E-state index in [1.165, 1.54) is 38.5 Å². The molecule has 0 spiro atoms. The highest BCUT2D eigenvalue weighted by atomic mass is 15.1. The molecule has 0 unspecified atom stereocenters. The molecule has 0 aliphatic rings. The molecule has 0 N–H and O–H groups in total. The van der Waals surface area contributed by atoms with E-state index in [1.807, 2.05) is 36.4 Å². The number of aromatic nitrogens is 3. The normalized spacial score (nSPS) is 11.2. The van der Waals surface area contributed by atoms with E-state index in [2.05, 4.69) is 216 Å². The van der Waals surface area contributed by atoms with Gasteiger partial charge in [-0.15, -0.1) is 0 Å². The molecule has 0 aliphatic carbocycles. The molecule has 11 rings (SSSR count). The molecule has 0 bridgehead atoms. The molecule has 0 atom stereocenters. The van der Waals surface area contributed by atoms with E-state index in [0.717, 1.165) is 56.4 Å². The summed E-state index contributed by atoms with van der Waals surface area (Å²) in [6.45, 7) is 0. The zero-order valence-electron chi connectivity index (χ0n) is 33.9. The molecule has 2 heterocycles. The Kier molecular flexibility index (Phi) is 9.49. The fraction of sp³-hybridized carbons (Fsp3) is 0. The van der Waals surface area contributed by atoms with E-state index < -0.39 is 0 Å². The average molecular weight is 793 g/mol. The van der Waals surface area contributed by atoms with Crippen molar-refractivity contribution >= 4 is 38.9 Å². The van der Waals surface area contributed by atoms with Crippen LogP contribution in [0.5, 0.6) is 0 Å². The van der Waals surface area contributed by atoms with Gasteiger partial charge in [-0.3, -0.25) is 0 Å². The summed E-state index contributed by atoms with van der Waals surface area (Å²) >= 11 is 0. The fourth-order valence-electron chi connectivity index (χ4n) is 8.54. The number of rotatable bonds is 9. The van der Waals surface area contributed by atoms with Crippen LogP contribution in [0.3, 0.4) is 0 Å². The molecular weight excluding hydrogens is 753 g/mol. The molecule has 2 aromatic heterocycles. The summed E-state index contributed by atoms with van der Waals surface area (Å²) in [6, 6.07) is 85.7. The molecule has 11 aromatic rings. The quantitative estimate of drug-likeness (QED) is 0.146. The summed E-state index contributed by atoms with van der Waals surface area (Å²) in [7, 11) is 0. The molecule has 0 fully saturated rings. The number of nitrogens with zero attached hydrogens (tertiary/aromatic N) is 4. The second-order valence-electron chi connectivity index (χ2n) is 15.5. The second kappa shape index (κ2) is 16.0. The highest BCUT2D eigenvalue weighted by Crippen LogP contribution is 2.39. The minimum absolute atomic E-state index is 0.684. The largest absolute Gasteiger partial charge is 0.311 e. The van der Waals surface area contributed by atoms with Crippen molar-refractivity contribution in [1.29, 1.82) is 0 Å². The van der Waals surface area contributed by atoms with E-state index >= 15 is 0 Å². The van der Waals surface area contributed by atoms with Gasteiger partial charge in [0.05, 0.1) is 22.4 Å². The standard InChI is InChI=1S/C58H40N4/c1-5-15-41(16-6-1)42-25-32-49(33-26-42)61(51-36-29-46(30-37-51)58-59-54(44-17-7-2-8-18-44)40-55(60-58)45-19-9-3-10-20-45)50-34-27-43(28-35-50)47-31-38-57-53(39-47)52-23-13-14-24-56(52)62(57)48-21-11-4-12-22-48/h1-40H. The van der Waals surface area contributed by atoms with Crippen LogP contribution in [0.25, 0.3) is 83.6 Å². The Labute approximate surface area is 361 Å². The van der Waals surface area contributed by atoms with Crippen LogP contribution in [-0.4, -0.2) is 14.5 Å². The average Bonchev–Trinajstić information content (AvgIpc) is 3.69. The summed E-state index contributed by atoms with van der Waals surface area (Å²) < 4.78 is 2.36.